The number of nitrogens with one attached hydrogen (secondary N) is 1. The maximum atomic E-state index is 12.1. The second kappa shape index (κ2) is 7.41. The van der Waals surface area contributed by atoms with Crippen LogP contribution in [0.2, 0.25) is 0 Å². The van der Waals surface area contributed by atoms with Crippen LogP contribution in [0.5, 0.6) is 0 Å². The third-order valence-corrected chi connectivity index (χ3v) is 4.37. The normalized spacial score (nSPS) is 19.1. The molecule has 1 saturated heterocycles. The van der Waals surface area contributed by atoms with E-state index >= 15 is 0 Å². The Labute approximate surface area is 126 Å². The first-order valence-corrected chi connectivity index (χ1v) is 7.83. The van der Waals surface area contributed by atoms with Gasteiger partial charge in [0.1, 0.15) is 5.82 Å². The fourth-order valence-corrected chi connectivity index (χ4v) is 2.60. The van der Waals surface area contributed by atoms with Crippen LogP contribution < -0.4 is 16.0 Å². The quantitative estimate of drug-likeness (QED) is 0.863. The minimum atomic E-state index is -0.399. The fraction of sp³-hybridized carbons (Fsp3) is 0.625. The van der Waals surface area contributed by atoms with Gasteiger partial charge in [0.15, 0.2) is 0 Å². The summed E-state index contributed by atoms with van der Waals surface area (Å²) < 4.78 is 0. The average Bonchev–Trinajstić information content (AvgIpc) is 2.54. The summed E-state index contributed by atoms with van der Waals surface area (Å²) in [5, 5.41) is 3.09. The molecule has 2 heterocycles. The lowest BCUT2D eigenvalue weighted by Gasteiger charge is -2.33. The monoisotopic (exact) mass is 290 g/mol. The Morgan fingerprint density at radius 2 is 2.19 bits per heavy atom. The third kappa shape index (κ3) is 4.17. The molecular formula is C16H26N4O. The third-order valence-electron chi connectivity index (χ3n) is 4.37. The molecule has 2 atom stereocenters. The van der Waals surface area contributed by atoms with E-state index in [1.165, 1.54) is 0 Å². The van der Waals surface area contributed by atoms with Gasteiger partial charge >= 0.3 is 0 Å². The predicted octanol–water partition coefficient (Wildman–Crippen LogP) is 1.54. The van der Waals surface area contributed by atoms with E-state index in [0.29, 0.717) is 0 Å². The molecule has 1 aliphatic heterocycles. The van der Waals surface area contributed by atoms with Crippen molar-refractivity contribution in [3.63, 3.8) is 0 Å². The maximum absolute atomic E-state index is 12.1. The van der Waals surface area contributed by atoms with Gasteiger partial charge in [0.25, 0.3) is 0 Å². The first-order valence-electron chi connectivity index (χ1n) is 7.83. The van der Waals surface area contributed by atoms with Crippen LogP contribution in [-0.2, 0) is 4.79 Å². The van der Waals surface area contributed by atoms with Crippen LogP contribution in [0, 0.1) is 5.92 Å². The van der Waals surface area contributed by atoms with Gasteiger partial charge in [0, 0.05) is 25.3 Å². The smallest absolute Gasteiger partial charge is 0.237 e. The van der Waals surface area contributed by atoms with Crippen molar-refractivity contribution in [3.8, 4) is 0 Å². The van der Waals surface area contributed by atoms with E-state index < -0.39 is 6.04 Å². The second-order valence-electron chi connectivity index (χ2n) is 5.87. The zero-order chi connectivity index (χ0) is 15.2. The summed E-state index contributed by atoms with van der Waals surface area (Å²) in [5.41, 5.74) is 5.97. The summed E-state index contributed by atoms with van der Waals surface area (Å²) >= 11 is 0. The first kappa shape index (κ1) is 15.8. The molecule has 0 aromatic carbocycles. The van der Waals surface area contributed by atoms with Gasteiger partial charge in [-0.15, -0.1) is 0 Å². The zero-order valence-electron chi connectivity index (χ0n) is 13.0. The van der Waals surface area contributed by atoms with Crippen LogP contribution in [0.25, 0.3) is 0 Å². The molecule has 1 aliphatic rings. The van der Waals surface area contributed by atoms with Crippen LogP contribution in [-0.4, -0.2) is 36.1 Å². The summed E-state index contributed by atoms with van der Waals surface area (Å²) in [7, 11) is 0. The highest BCUT2D eigenvalue weighted by Crippen LogP contribution is 2.17. The zero-order valence-corrected chi connectivity index (χ0v) is 13.0. The van der Waals surface area contributed by atoms with Crippen LogP contribution in [0.3, 0.4) is 0 Å². The molecule has 0 bridgehead atoms. The molecule has 21 heavy (non-hydrogen) atoms. The van der Waals surface area contributed by atoms with Gasteiger partial charge in [-0.3, -0.25) is 4.79 Å². The minimum absolute atomic E-state index is 0.0133. The molecule has 1 aromatic rings. The number of nitrogens with two attached hydrogens (primary N) is 1. The molecule has 0 saturated carbocycles. The summed E-state index contributed by atoms with van der Waals surface area (Å²) in [6, 6.07) is 5.78. The number of anilines is 1. The number of hydrogen-bond donors (Lipinski definition) is 2. The number of aromatic nitrogens is 1. The fourth-order valence-electron chi connectivity index (χ4n) is 2.60. The van der Waals surface area contributed by atoms with Crippen molar-refractivity contribution in [3.05, 3.63) is 24.4 Å². The number of nitrogens with zero attached hydrogens (tertiary/aromatic N) is 2. The SMILES string of the molecule is CCC(C)C(N)C(=O)NC1CCN(c2ccccn2)CC1. The highest BCUT2D eigenvalue weighted by atomic mass is 16.2. The molecule has 0 radical (unpaired) electrons. The molecule has 2 rings (SSSR count). The molecule has 1 fully saturated rings. The van der Waals surface area contributed by atoms with Gasteiger partial charge in [-0.05, 0) is 30.9 Å². The van der Waals surface area contributed by atoms with E-state index in [1.807, 2.05) is 31.3 Å². The van der Waals surface area contributed by atoms with Crippen molar-refractivity contribution in [1.29, 1.82) is 0 Å². The lowest BCUT2D eigenvalue weighted by atomic mass is 9.98. The molecule has 0 spiro atoms. The Hall–Kier alpha value is -1.62. The molecule has 1 aromatic heterocycles. The largest absolute Gasteiger partial charge is 0.356 e. The standard InChI is InChI=1S/C16H26N4O/c1-3-12(2)15(17)16(21)19-13-7-10-20(11-8-13)14-6-4-5-9-18-14/h4-6,9,12-13,15H,3,7-8,10-11,17H2,1-2H3,(H,19,21). The Balaban J connectivity index is 1.80. The van der Waals surface area contributed by atoms with Crippen LogP contribution in [0.15, 0.2) is 24.4 Å². The first-order chi connectivity index (χ1) is 10.1. The van der Waals surface area contributed by atoms with Crippen LogP contribution >= 0.6 is 0 Å². The molecule has 116 valence electrons. The highest BCUT2D eigenvalue weighted by molar-refractivity contribution is 5.82. The van der Waals surface area contributed by atoms with Crippen molar-refractivity contribution in [1.82, 2.24) is 10.3 Å². The Kier molecular flexibility index (Phi) is 5.56. The number of rotatable bonds is 5. The van der Waals surface area contributed by atoms with E-state index in [0.717, 1.165) is 38.2 Å². The molecule has 5 heteroatoms. The van der Waals surface area contributed by atoms with Crippen molar-refractivity contribution >= 4 is 11.7 Å². The van der Waals surface area contributed by atoms with Crippen LogP contribution in [0.1, 0.15) is 33.1 Å². The van der Waals surface area contributed by atoms with Gasteiger partial charge < -0.3 is 16.0 Å². The number of carbonyl (C=O) groups is 1. The minimum Gasteiger partial charge on any atom is -0.356 e. The van der Waals surface area contributed by atoms with Crippen molar-refractivity contribution in [2.24, 2.45) is 11.7 Å². The average molecular weight is 290 g/mol. The summed E-state index contributed by atoms with van der Waals surface area (Å²) in [4.78, 5) is 18.7. The highest BCUT2D eigenvalue weighted by Gasteiger charge is 2.25. The number of pyridine rings is 1. The number of piperidine rings is 1. The molecule has 0 aliphatic carbocycles. The van der Waals surface area contributed by atoms with Crippen LogP contribution in [0.4, 0.5) is 5.82 Å². The second-order valence-corrected chi connectivity index (χ2v) is 5.87. The number of hydrogen-bond acceptors (Lipinski definition) is 4. The van der Waals surface area contributed by atoms with Crippen molar-refractivity contribution in [2.45, 2.75) is 45.2 Å². The van der Waals surface area contributed by atoms with Gasteiger partial charge in [0.05, 0.1) is 6.04 Å². The molecule has 5 nitrogen and oxygen atoms in total. The van der Waals surface area contributed by atoms with Gasteiger partial charge in [-0.25, -0.2) is 4.98 Å². The van der Waals surface area contributed by atoms with Crippen molar-refractivity contribution in [2.75, 3.05) is 18.0 Å². The summed E-state index contributed by atoms with van der Waals surface area (Å²) in [6.45, 7) is 5.91. The number of amides is 1. The summed E-state index contributed by atoms with van der Waals surface area (Å²) in [6.07, 6.45) is 4.62. The topological polar surface area (TPSA) is 71.2 Å². The van der Waals surface area contributed by atoms with E-state index in [2.05, 4.69) is 22.1 Å². The molecule has 3 N–H and O–H groups in total. The van der Waals surface area contributed by atoms with E-state index in [1.54, 1.807) is 0 Å². The van der Waals surface area contributed by atoms with E-state index in [9.17, 15) is 4.79 Å². The van der Waals surface area contributed by atoms with Gasteiger partial charge in [0.2, 0.25) is 5.91 Å². The van der Waals surface area contributed by atoms with E-state index in [-0.39, 0.29) is 17.9 Å². The maximum Gasteiger partial charge on any atom is 0.237 e. The van der Waals surface area contributed by atoms with E-state index in [4.69, 9.17) is 5.73 Å². The molecule has 2 unspecified atom stereocenters. The van der Waals surface area contributed by atoms with Gasteiger partial charge in [-0.1, -0.05) is 26.3 Å². The lowest BCUT2D eigenvalue weighted by Crippen LogP contribution is -2.51. The Morgan fingerprint density at radius 1 is 1.48 bits per heavy atom. The predicted molar refractivity (Wildman–Crippen MR) is 85.0 cm³/mol. The van der Waals surface area contributed by atoms with Gasteiger partial charge in [-0.2, -0.15) is 0 Å². The molecule has 1 amide bonds. The van der Waals surface area contributed by atoms with Crippen molar-refractivity contribution < 1.29 is 4.79 Å². The Morgan fingerprint density at radius 3 is 2.76 bits per heavy atom. The summed E-state index contributed by atoms with van der Waals surface area (Å²) in [5.74, 6) is 1.22. The lowest BCUT2D eigenvalue weighted by molar-refractivity contribution is -0.124. The Bertz CT molecular complexity index is 443. The number of carbonyl (C=O) groups excluding carboxylic acids is 1. The molecular weight excluding hydrogens is 264 g/mol.